The summed E-state index contributed by atoms with van der Waals surface area (Å²) in [4.78, 5) is 17.3. The van der Waals surface area contributed by atoms with E-state index in [9.17, 15) is 4.79 Å². The lowest BCUT2D eigenvalue weighted by Crippen LogP contribution is -2.50. The first-order chi connectivity index (χ1) is 12.3. The second kappa shape index (κ2) is 9.36. The highest BCUT2D eigenvalue weighted by Gasteiger charge is 2.31. The van der Waals surface area contributed by atoms with Gasteiger partial charge in [0.1, 0.15) is 5.76 Å². The molecule has 0 aliphatic carbocycles. The average Bonchev–Trinajstić information content (AvgIpc) is 3.16. The molecule has 140 valence electrons. The number of furan rings is 1. The second-order valence-electron chi connectivity index (χ2n) is 7.20. The minimum Gasteiger partial charge on any atom is -0.468 e. The van der Waals surface area contributed by atoms with Gasteiger partial charge in [-0.05, 0) is 44.4 Å². The molecule has 1 aromatic heterocycles. The fourth-order valence-corrected chi connectivity index (χ4v) is 4.04. The fraction of sp³-hybridized carbons (Fsp3) is 0.737. The third kappa shape index (κ3) is 5.30. The quantitative estimate of drug-likeness (QED) is 0.760. The molecule has 1 amide bonds. The monoisotopic (exact) mass is 349 g/mol. The predicted molar refractivity (Wildman–Crippen MR) is 96.2 cm³/mol. The Labute approximate surface area is 150 Å². The van der Waals surface area contributed by atoms with E-state index in [-0.39, 0.29) is 11.8 Å². The van der Waals surface area contributed by atoms with Gasteiger partial charge in [0, 0.05) is 39.3 Å². The number of hydrogen-bond donors (Lipinski definition) is 1. The molecule has 0 bridgehead atoms. The number of rotatable bonds is 7. The van der Waals surface area contributed by atoms with E-state index in [0.717, 1.165) is 51.3 Å². The molecular weight excluding hydrogens is 318 g/mol. The highest BCUT2D eigenvalue weighted by atomic mass is 16.5. The lowest BCUT2D eigenvalue weighted by Gasteiger charge is -2.41. The van der Waals surface area contributed by atoms with Crippen molar-refractivity contribution >= 4 is 5.91 Å². The Bertz CT molecular complexity index is 512. The number of nitrogens with one attached hydrogen (secondary N) is 1. The molecule has 25 heavy (non-hydrogen) atoms. The minimum atomic E-state index is 0.131. The Morgan fingerprint density at radius 3 is 2.88 bits per heavy atom. The van der Waals surface area contributed by atoms with Crippen molar-refractivity contribution in [2.45, 2.75) is 38.3 Å². The van der Waals surface area contributed by atoms with Crippen LogP contribution in [-0.4, -0.2) is 68.2 Å². The maximum Gasteiger partial charge on any atom is 0.224 e. The third-order valence-corrected chi connectivity index (χ3v) is 5.46. The molecule has 0 spiro atoms. The zero-order chi connectivity index (χ0) is 17.5. The van der Waals surface area contributed by atoms with Crippen molar-refractivity contribution in [1.82, 2.24) is 15.1 Å². The smallest absolute Gasteiger partial charge is 0.224 e. The molecular formula is C19H31N3O3. The minimum absolute atomic E-state index is 0.131. The number of likely N-dealkylation sites (tertiary alicyclic amines) is 2. The Morgan fingerprint density at radius 2 is 2.16 bits per heavy atom. The van der Waals surface area contributed by atoms with E-state index in [4.69, 9.17) is 9.15 Å². The summed E-state index contributed by atoms with van der Waals surface area (Å²) in [6, 6.07) is 4.61. The predicted octanol–water partition coefficient (Wildman–Crippen LogP) is 1.72. The van der Waals surface area contributed by atoms with E-state index in [2.05, 4.69) is 15.1 Å². The molecule has 2 fully saturated rings. The van der Waals surface area contributed by atoms with Crippen molar-refractivity contribution < 1.29 is 13.9 Å². The van der Waals surface area contributed by atoms with Crippen molar-refractivity contribution in [3.8, 4) is 0 Å². The first-order valence-corrected chi connectivity index (χ1v) is 9.51. The van der Waals surface area contributed by atoms with Crippen LogP contribution in [0.25, 0.3) is 0 Å². The van der Waals surface area contributed by atoms with Gasteiger partial charge in [-0.25, -0.2) is 0 Å². The zero-order valence-electron chi connectivity index (χ0n) is 15.3. The maximum atomic E-state index is 12.3. The Hall–Kier alpha value is -1.37. The van der Waals surface area contributed by atoms with Crippen LogP contribution in [0.2, 0.25) is 0 Å². The molecule has 6 nitrogen and oxygen atoms in total. The van der Waals surface area contributed by atoms with Gasteiger partial charge < -0.3 is 14.5 Å². The number of hydrogen-bond acceptors (Lipinski definition) is 5. The van der Waals surface area contributed by atoms with Crippen LogP contribution >= 0.6 is 0 Å². The largest absolute Gasteiger partial charge is 0.468 e. The van der Waals surface area contributed by atoms with E-state index >= 15 is 0 Å². The van der Waals surface area contributed by atoms with Crippen LogP contribution in [0.3, 0.4) is 0 Å². The third-order valence-electron chi connectivity index (χ3n) is 5.46. The summed E-state index contributed by atoms with van der Waals surface area (Å²) in [5.41, 5.74) is 0. The van der Waals surface area contributed by atoms with Gasteiger partial charge in [-0.15, -0.1) is 0 Å². The molecule has 0 unspecified atom stereocenters. The van der Waals surface area contributed by atoms with Crippen molar-refractivity contribution in [3.05, 3.63) is 24.2 Å². The molecule has 1 N–H and O–H groups in total. The number of methoxy groups -OCH3 is 1. The van der Waals surface area contributed by atoms with Crippen LogP contribution < -0.4 is 5.32 Å². The SMILES string of the molecule is COCCNC(=O)[C@@H]1CCCN(C2CCN(Cc3ccco3)CC2)C1. The number of carbonyl (C=O) groups excluding carboxylic acids is 1. The van der Waals surface area contributed by atoms with Crippen LogP contribution in [0, 0.1) is 5.92 Å². The van der Waals surface area contributed by atoms with Gasteiger partial charge in [0.05, 0.1) is 25.3 Å². The summed E-state index contributed by atoms with van der Waals surface area (Å²) in [5.74, 6) is 1.37. The lowest BCUT2D eigenvalue weighted by molar-refractivity contribution is -0.127. The normalized spacial score (nSPS) is 23.6. The molecule has 0 aromatic carbocycles. The Balaban J connectivity index is 1.42. The van der Waals surface area contributed by atoms with E-state index < -0.39 is 0 Å². The standard InChI is InChI=1S/C19H31N3O3/c1-24-13-8-20-19(23)16-4-2-9-22(14-16)17-6-10-21(11-7-17)15-18-5-3-12-25-18/h3,5,12,16-17H,2,4,6-11,13-15H2,1H3,(H,20,23)/t16-/m1/s1. The maximum absolute atomic E-state index is 12.3. The van der Waals surface area contributed by atoms with Gasteiger partial charge in [-0.2, -0.15) is 0 Å². The van der Waals surface area contributed by atoms with Gasteiger partial charge in [0.15, 0.2) is 0 Å². The summed E-state index contributed by atoms with van der Waals surface area (Å²) in [6.45, 7) is 6.34. The van der Waals surface area contributed by atoms with Gasteiger partial charge in [-0.1, -0.05) is 0 Å². The van der Waals surface area contributed by atoms with Crippen LogP contribution in [0.4, 0.5) is 0 Å². The second-order valence-corrected chi connectivity index (χ2v) is 7.20. The summed E-state index contributed by atoms with van der Waals surface area (Å²) in [6.07, 6.45) is 6.23. The molecule has 6 heteroatoms. The Morgan fingerprint density at radius 1 is 1.32 bits per heavy atom. The first-order valence-electron chi connectivity index (χ1n) is 9.51. The molecule has 3 heterocycles. The van der Waals surface area contributed by atoms with Crippen molar-refractivity contribution in [2.24, 2.45) is 5.92 Å². The van der Waals surface area contributed by atoms with Gasteiger partial charge in [0.25, 0.3) is 0 Å². The zero-order valence-corrected chi connectivity index (χ0v) is 15.3. The average molecular weight is 349 g/mol. The summed E-state index contributed by atoms with van der Waals surface area (Å²) < 4.78 is 10.5. The Kier molecular flexibility index (Phi) is 6.90. The highest BCUT2D eigenvalue weighted by Crippen LogP contribution is 2.24. The highest BCUT2D eigenvalue weighted by molar-refractivity contribution is 5.78. The number of piperidine rings is 2. The van der Waals surface area contributed by atoms with Crippen LogP contribution in [0.1, 0.15) is 31.4 Å². The van der Waals surface area contributed by atoms with Crippen molar-refractivity contribution in [1.29, 1.82) is 0 Å². The summed E-state index contributed by atoms with van der Waals surface area (Å²) in [5, 5.41) is 3.00. The van der Waals surface area contributed by atoms with Crippen LogP contribution in [-0.2, 0) is 16.1 Å². The molecule has 0 saturated carbocycles. The number of amides is 1. The van der Waals surface area contributed by atoms with Crippen LogP contribution in [0.5, 0.6) is 0 Å². The number of nitrogens with zero attached hydrogens (tertiary/aromatic N) is 2. The van der Waals surface area contributed by atoms with Crippen molar-refractivity contribution in [3.63, 3.8) is 0 Å². The van der Waals surface area contributed by atoms with E-state index in [1.54, 1.807) is 13.4 Å². The van der Waals surface area contributed by atoms with E-state index in [1.807, 2.05) is 12.1 Å². The number of ether oxygens (including phenoxy) is 1. The molecule has 0 radical (unpaired) electrons. The topological polar surface area (TPSA) is 58.0 Å². The van der Waals surface area contributed by atoms with Crippen molar-refractivity contribution in [2.75, 3.05) is 46.4 Å². The first kappa shape index (κ1) is 18.4. The van der Waals surface area contributed by atoms with Crippen LogP contribution in [0.15, 0.2) is 22.8 Å². The molecule has 2 aliphatic rings. The molecule has 2 saturated heterocycles. The van der Waals surface area contributed by atoms with Gasteiger partial charge in [-0.3, -0.25) is 14.6 Å². The van der Waals surface area contributed by atoms with Gasteiger partial charge >= 0.3 is 0 Å². The summed E-state index contributed by atoms with van der Waals surface area (Å²) in [7, 11) is 1.66. The molecule has 1 atom stereocenters. The molecule has 2 aliphatic heterocycles. The van der Waals surface area contributed by atoms with Gasteiger partial charge in [0.2, 0.25) is 5.91 Å². The lowest BCUT2D eigenvalue weighted by atomic mass is 9.93. The molecule has 1 aromatic rings. The fourth-order valence-electron chi connectivity index (χ4n) is 4.04. The summed E-state index contributed by atoms with van der Waals surface area (Å²) >= 11 is 0. The van der Waals surface area contributed by atoms with E-state index in [0.29, 0.717) is 19.2 Å². The number of carbonyl (C=O) groups is 1. The van der Waals surface area contributed by atoms with E-state index in [1.165, 1.54) is 12.8 Å². The molecule has 3 rings (SSSR count).